The van der Waals surface area contributed by atoms with Crippen LogP contribution in [0.15, 0.2) is 59.8 Å². The average Bonchev–Trinajstić information content (AvgIpc) is 3.29. The van der Waals surface area contributed by atoms with Crippen LogP contribution in [0.3, 0.4) is 0 Å². The van der Waals surface area contributed by atoms with E-state index in [0.717, 1.165) is 42.5 Å². The molecule has 8 heteroatoms. The van der Waals surface area contributed by atoms with Crippen LogP contribution in [-0.4, -0.2) is 34.8 Å². The topological polar surface area (TPSA) is 105 Å². The van der Waals surface area contributed by atoms with E-state index in [2.05, 4.69) is 20.6 Å². The summed E-state index contributed by atoms with van der Waals surface area (Å²) in [6, 6.07) is 11.0. The fraction of sp³-hybridized carbons (Fsp3) is 0.292. The van der Waals surface area contributed by atoms with Crippen LogP contribution >= 0.6 is 0 Å². The smallest absolute Gasteiger partial charge is 0.260 e. The molecule has 2 aliphatic rings. The molecule has 5 rings (SSSR count). The molecule has 32 heavy (non-hydrogen) atoms. The molecule has 1 aliphatic carbocycles. The van der Waals surface area contributed by atoms with Gasteiger partial charge in [0.05, 0.1) is 0 Å². The van der Waals surface area contributed by atoms with E-state index in [0.29, 0.717) is 11.5 Å². The van der Waals surface area contributed by atoms with Crippen molar-refractivity contribution in [2.75, 3.05) is 12.1 Å². The Morgan fingerprint density at radius 1 is 0.969 bits per heavy atom. The van der Waals surface area contributed by atoms with Crippen molar-refractivity contribution < 1.29 is 14.3 Å². The number of carbonyl (C=O) groups excluding carboxylic acids is 1. The number of nitrogens with zero attached hydrogens (tertiary/aromatic N) is 1. The highest BCUT2D eigenvalue weighted by Gasteiger charge is 2.27. The molecule has 1 aromatic carbocycles. The van der Waals surface area contributed by atoms with Crippen LogP contribution < -0.4 is 25.7 Å². The summed E-state index contributed by atoms with van der Waals surface area (Å²) in [5.41, 5.74) is 2.20. The molecular formula is C24H24N4O4. The minimum Gasteiger partial charge on any atom is -0.454 e. The molecule has 0 radical (unpaired) electrons. The molecule has 3 N–H and O–H groups in total. The lowest BCUT2D eigenvalue weighted by atomic mass is 9.89. The fourth-order valence-corrected chi connectivity index (χ4v) is 4.28. The first-order chi connectivity index (χ1) is 15.7. The minimum atomic E-state index is -0.415. The van der Waals surface area contributed by atoms with E-state index in [9.17, 15) is 9.59 Å². The molecular weight excluding hydrogens is 408 g/mol. The fourth-order valence-electron chi connectivity index (χ4n) is 4.28. The normalized spacial score (nSPS) is 19.4. The third-order valence-corrected chi connectivity index (χ3v) is 5.97. The van der Waals surface area contributed by atoms with E-state index < -0.39 is 5.56 Å². The molecule has 0 bridgehead atoms. The quantitative estimate of drug-likeness (QED) is 0.571. The number of rotatable bonds is 5. The molecule has 8 nitrogen and oxygen atoms in total. The third-order valence-electron chi connectivity index (χ3n) is 5.97. The van der Waals surface area contributed by atoms with E-state index in [1.165, 1.54) is 0 Å². The molecule has 1 fully saturated rings. The van der Waals surface area contributed by atoms with E-state index in [4.69, 9.17) is 9.47 Å². The first-order valence-electron chi connectivity index (χ1n) is 10.8. The standard InChI is InChI=1S/C24H24N4O4/c29-23-18(11-16(13-26-23)15-5-6-21-22(12-15)32-14-31-21)24(30)28-20-4-2-1-3-19(20)27-17-7-9-25-10-8-17/h5-13,19-20H,1-4,14H2,(H,25,27)(H,26,29)(H,28,30)/t19-,20-/m1/s1. The van der Waals surface area contributed by atoms with Gasteiger partial charge >= 0.3 is 0 Å². The van der Waals surface area contributed by atoms with Crippen molar-refractivity contribution in [1.82, 2.24) is 15.3 Å². The van der Waals surface area contributed by atoms with Gasteiger partial charge in [0.15, 0.2) is 11.5 Å². The highest BCUT2D eigenvalue weighted by molar-refractivity contribution is 5.95. The third kappa shape index (κ3) is 4.16. The van der Waals surface area contributed by atoms with Crippen molar-refractivity contribution in [3.05, 3.63) is 70.9 Å². The number of nitrogens with one attached hydrogen (secondary N) is 3. The molecule has 0 spiro atoms. The zero-order valence-electron chi connectivity index (χ0n) is 17.5. The predicted octanol–water partition coefficient (Wildman–Crippen LogP) is 3.32. The maximum Gasteiger partial charge on any atom is 0.260 e. The van der Waals surface area contributed by atoms with Crippen LogP contribution in [0, 0.1) is 0 Å². The number of fused-ring (bicyclic) bond motifs is 1. The Morgan fingerprint density at radius 2 is 1.75 bits per heavy atom. The Bertz CT molecular complexity index is 1180. The van der Waals surface area contributed by atoms with Gasteiger partial charge in [0, 0.05) is 36.4 Å². The Morgan fingerprint density at radius 3 is 2.59 bits per heavy atom. The number of aromatic nitrogens is 2. The number of hydrogen-bond acceptors (Lipinski definition) is 6. The van der Waals surface area contributed by atoms with Crippen LogP contribution in [0.25, 0.3) is 11.1 Å². The van der Waals surface area contributed by atoms with Gasteiger partial charge < -0.3 is 25.1 Å². The van der Waals surface area contributed by atoms with Crippen LogP contribution in [0.2, 0.25) is 0 Å². The predicted molar refractivity (Wildman–Crippen MR) is 120 cm³/mol. The van der Waals surface area contributed by atoms with Crippen LogP contribution in [0.4, 0.5) is 5.69 Å². The van der Waals surface area contributed by atoms with E-state index in [1.807, 2.05) is 30.3 Å². The number of hydrogen-bond donors (Lipinski definition) is 3. The van der Waals surface area contributed by atoms with Crippen LogP contribution in [-0.2, 0) is 0 Å². The summed E-state index contributed by atoms with van der Waals surface area (Å²) in [7, 11) is 0. The van der Waals surface area contributed by atoms with Gasteiger partial charge in [0.2, 0.25) is 6.79 Å². The molecule has 0 unspecified atom stereocenters. The number of amides is 1. The number of H-pyrrole nitrogens is 1. The SMILES string of the molecule is O=C(N[C@@H]1CCCC[C@H]1Nc1ccncc1)c1cc(-c2ccc3c(c2)OCO3)c[nH]c1=O. The zero-order valence-corrected chi connectivity index (χ0v) is 17.5. The Labute approximate surface area is 185 Å². The summed E-state index contributed by atoms with van der Waals surface area (Å²) in [5.74, 6) is 0.954. The molecule has 1 amide bonds. The zero-order chi connectivity index (χ0) is 21.9. The van der Waals surface area contributed by atoms with Crippen molar-refractivity contribution in [1.29, 1.82) is 0 Å². The average molecular weight is 432 g/mol. The maximum absolute atomic E-state index is 13.1. The minimum absolute atomic E-state index is 0.0713. The van der Waals surface area contributed by atoms with Gasteiger partial charge in [-0.2, -0.15) is 0 Å². The number of benzene rings is 1. The lowest BCUT2D eigenvalue weighted by Crippen LogP contribution is -2.49. The highest BCUT2D eigenvalue weighted by atomic mass is 16.7. The van der Waals surface area contributed by atoms with Gasteiger partial charge in [-0.3, -0.25) is 14.6 Å². The molecule has 164 valence electrons. The molecule has 1 saturated carbocycles. The molecule has 2 atom stereocenters. The first kappa shape index (κ1) is 20.1. The van der Waals surface area contributed by atoms with Crippen LogP contribution in [0.1, 0.15) is 36.0 Å². The number of ether oxygens (including phenoxy) is 2. The summed E-state index contributed by atoms with van der Waals surface area (Å²) in [5, 5.41) is 6.58. The van der Waals surface area contributed by atoms with Crippen molar-refractivity contribution in [3.63, 3.8) is 0 Å². The number of pyridine rings is 2. The van der Waals surface area contributed by atoms with E-state index in [-0.39, 0.29) is 30.3 Å². The lowest BCUT2D eigenvalue weighted by Gasteiger charge is -2.33. The number of carbonyl (C=O) groups is 1. The van der Waals surface area contributed by atoms with Crippen molar-refractivity contribution in [2.45, 2.75) is 37.8 Å². The molecule has 1 aliphatic heterocycles. The van der Waals surface area contributed by atoms with Crippen LogP contribution in [0.5, 0.6) is 11.5 Å². The summed E-state index contributed by atoms with van der Waals surface area (Å²) in [6.07, 6.45) is 9.00. The molecule has 0 saturated heterocycles. The number of anilines is 1. The number of aromatic amines is 1. The second kappa shape index (κ2) is 8.74. The monoisotopic (exact) mass is 432 g/mol. The summed E-state index contributed by atoms with van der Waals surface area (Å²) < 4.78 is 10.8. The summed E-state index contributed by atoms with van der Waals surface area (Å²) >= 11 is 0. The molecule has 3 aromatic rings. The van der Waals surface area contributed by atoms with E-state index >= 15 is 0 Å². The largest absolute Gasteiger partial charge is 0.454 e. The lowest BCUT2D eigenvalue weighted by molar-refractivity contribution is 0.0922. The Hall–Kier alpha value is -3.81. The first-order valence-corrected chi connectivity index (χ1v) is 10.8. The second-order valence-corrected chi connectivity index (χ2v) is 8.05. The summed E-state index contributed by atoms with van der Waals surface area (Å²) in [4.78, 5) is 32.3. The Kier molecular flexibility index (Phi) is 5.49. The summed E-state index contributed by atoms with van der Waals surface area (Å²) in [6.45, 7) is 0.189. The van der Waals surface area contributed by atoms with Gasteiger partial charge in [-0.25, -0.2) is 0 Å². The maximum atomic E-state index is 13.1. The van der Waals surface area contributed by atoms with Gasteiger partial charge in [0.25, 0.3) is 11.5 Å². The highest BCUT2D eigenvalue weighted by Crippen LogP contribution is 2.35. The van der Waals surface area contributed by atoms with Gasteiger partial charge in [-0.15, -0.1) is 0 Å². The van der Waals surface area contributed by atoms with Gasteiger partial charge in [-0.05, 0) is 54.3 Å². The van der Waals surface area contributed by atoms with Crippen molar-refractivity contribution in [2.24, 2.45) is 0 Å². The second-order valence-electron chi connectivity index (χ2n) is 8.05. The van der Waals surface area contributed by atoms with Crippen molar-refractivity contribution in [3.8, 4) is 22.6 Å². The molecule has 3 heterocycles. The Balaban J connectivity index is 1.35. The van der Waals surface area contributed by atoms with Gasteiger partial charge in [-0.1, -0.05) is 18.9 Å². The van der Waals surface area contributed by atoms with Crippen molar-refractivity contribution >= 4 is 11.6 Å². The van der Waals surface area contributed by atoms with E-state index in [1.54, 1.807) is 24.7 Å². The molecule has 2 aromatic heterocycles. The van der Waals surface area contributed by atoms with Gasteiger partial charge in [0.1, 0.15) is 5.56 Å².